The molecule has 1 heterocycles. The van der Waals surface area contributed by atoms with Gasteiger partial charge in [0.05, 0.1) is 5.69 Å². The number of benzene rings is 1. The molecule has 0 saturated heterocycles. The van der Waals surface area contributed by atoms with Gasteiger partial charge in [0.1, 0.15) is 5.78 Å². The first kappa shape index (κ1) is 11.3. The Labute approximate surface area is 103 Å². The normalized spacial score (nSPS) is 10.3. The number of ketones is 1. The standard InChI is InChI=1S/C12H10ClNOS/c13-12-14-10(8-16-12)7-11(15)6-9-4-2-1-3-5-9/h1-5,8H,6-7H2. The summed E-state index contributed by atoms with van der Waals surface area (Å²) in [6.45, 7) is 0. The minimum atomic E-state index is 0.160. The van der Waals surface area contributed by atoms with E-state index in [0.717, 1.165) is 11.3 Å². The Morgan fingerprint density at radius 2 is 2.00 bits per heavy atom. The third kappa shape index (κ3) is 3.15. The van der Waals surface area contributed by atoms with Gasteiger partial charge in [-0.25, -0.2) is 4.98 Å². The quantitative estimate of drug-likeness (QED) is 0.836. The maximum absolute atomic E-state index is 11.7. The Hall–Kier alpha value is -1.19. The first-order valence-electron chi connectivity index (χ1n) is 4.89. The van der Waals surface area contributed by atoms with E-state index < -0.39 is 0 Å². The fraction of sp³-hybridized carbons (Fsp3) is 0.167. The van der Waals surface area contributed by atoms with E-state index in [0.29, 0.717) is 17.3 Å². The fourth-order valence-corrected chi connectivity index (χ4v) is 2.23. The molecule has 0 saturated carbocycles. The molecule has 2 nitrogen and oxygen atoms in total. The topological polar surface area (TPSA) is 30.0 Å². The van der Waals surface area contributed by atoms with Crippen molar-refractivity contribution in [2.45, 2.75) is 12.8 Å². The van der Waals surface area contributed by atoms with Gasteiger partial charge < -0.3 is 0 Å². The average molecular weight is 252 g/mol. The molecule has 0 spiro atoms. The Morgan fingerprint density at radius 1 is 1.25 bits per heavy atom. The van der Waals surface area contributed by atoms with Crippen LogP contribution in [0.1, 0.15) is 11.3 Å². The summed E-state index contributed by atoms with van der Waals surface area (Å²) in [5.74, 6) is 0.160. The molecule has 0 bridgehead atoms. The molecule has 1 aromatic carbocycles. The molecule has 0 amide bonds. The summed E-state index contributed by atoms with van der Waals surface area (Å²) >= 11 is 7.05. The summed E-state index contributed by atoms with van der Waals surface area (Å²) in [5.41, 5.74) is 1.80. The highest BCUT2D eigenvalue weighted by atomic mass is 35.5. The average Bonchev–Trinajstić information content (AvgIpc) is 2.65. The summed E-state index contributed by atoms with van der Waals surface area (Å²) in [6, 6.07) is 9.71. The summed E-state index contributed by atoms with van der Waals surface area (Å²) in [6.07, 6.45) is 0.814. The Bertz CT molecular complexity index is 481. The number of hydrogen-bond acceptors (Lipinski definition) is 3. The lowest BCUT2D eigenvalue weighted by Crippen LogP contribution is -2.06. The number of nitrogens with zero attached hydrogens (tertiary/aromatic N) is 1. The molecule has 82 valence electrons. The van der Waals surface area contributed by atoms with Crippen molar-refractivity contribution in [3.63, 3.8) is 0 Å². The lowest BCUT2D eigenvalue weighted by Gasteiger charge is -1.98. The van der Waals surface area contributed by atoms with E-state index in [9.17, 15) is 4.79 Å². The van der Waals surface area contributed by atoms with Crippen molar-refractivity contribution in [2.75, 3.05) is 0 Å². The van der Waals surface area contributed by atoms with E-state index in [1.807, 2.05) is 35.7 Å². The van der Waals surface area contributed by atoms with Crippen LogP contribution >= 0.6 is 22.9 Å². The van der Waals surface area contributed by atoms with Gasteiger partial charge in [-0.15, -0.1) is 11.3 Å². The second-order valence-corrected chi connectivity index (χ2v) is 4.91. The molecule has 0 aliphatic heterocycles. The van der Waals surface area contributed by atoms with Gasteiger partial charge in [0.15, 0.2) is 4.47 Å². The molecule has 16 heavy (non-hydrogen) atoms. The molecule has 0 aliphatic carbocycles. The molecule has 0 radical (unpaired) electrons. The van der Waals surface area contributed by atoms with Crippen molar-refractivity contribution < 1.29 is 4.79 Å². The molecule has 4 heteroatoms. The third-order valence-electron chi connectivity index (χ3n) is 2.15. The van der Waals surface area contributed by atoms with Gasteiger partial charge in [0, 0.05) is 18.2 Å². The minimum Gasteiger partial charge on any atom is -0.299 e. The number of halogens is 1. The monoisotopic (exact) mass is 251 g/mol. The Kier molecular flexibility index (Phi) is 3.70. The van der Waals surface area contributed by atoms with Crippen LogP contribution in [0.3, 0.4) is 0 Å². The van der Waals surface area contributed by atoms with Crippen molar-refractivity contribution in [1.82, 2.24) is 4.98 Å². The van der Waals surface area contributed by atoms with Gasteiger partial charge in [-0.1, -0.05) is 41.9 Å². The minimum absolute atomic E-state index is 0.160. The highest BCUT2D eigenvalue weighted by molar-refractivity contribution is 7.13. The maximum atomic E-state index is 11.7. The second-order valence-electron chi connectivity index (χ2n) is 3.47. The molecule has 0 N–H and O–H groups in total. The largest absolute Gasteiger partial charge is 0.299 e. The Morgan fingerprint density at radius 3 is 2.62 bits per heavy atom. The van der Waals surface area contributed by atoms with Crippen LogP contribution in [0.15, 0.2) is 35.7 Å². The lowest BCUT2D eigenvalue weighted by molar-refractivity contribution is -0.117. The van der Waals surface area contributed by atoms with Crippen molar-refractivity contribution >= 4 is 28.7 Å². The van der Waals surface area contributed by atoms with Crippen molar-refractivity contribution in [3.05, 3.63) is 51.4 Å². The SMILES string of the molecule is O=C(Cc1ccccc1)Cc1csc(Cl)n1. The summed E-state index contributed by atoms with van der Waals surface area (Å²) in [4.78, 5) is 15.8. The number of carbonyl (C=O) groups excluding carboxylic acids is 1. The van der Waals surface area contributed by atoms with Crippen molar-refractivity contribution in [2.24, 2.45) is 0 Å². The summed E-state index contributed by atoms with van der Waals surface area (Å²) in [7, 11) is 0. The molecule has 0 unspecified atom stereocenters. The molecule has 0 atom stereocenters. The highest BCUT2D eigenvalue weighted by Gasteiger charge is 2.07. The molecule has 0 fully saturated rings. The zero-order chi connectivity index (χ0) is 11.4. The zero-order valence-corrected chi connectivity index (χ0v) is 10.1. The van der Waals surface area contributed by atoms with Crippen LogP contribution in [0.25, 0.3) is 0 Å². The third-order valence-corrected chi connectivity index (χ3v) is 3.17. The molecular formula is C12H10ClNOS. The van der Waals surface area contributed by atoms with Gasteiger partial charge in [0.25, 0.3) is 0 Å². The predicted molar refractivity (Wildman–Crippen MR) is 66.0 cm³/mol. The fourth-order valence-electron chi connectivity index (χ4n) is 1.45. The van der Waals surface area contributed by atoms with Gasteiger partial charge in [-0.05, 0) is 5.56 Å². The predicted octanol–water partition coefficient (Wildman–Crippen LogP) is 3.15. The number of carbonyl (C=O) groups is 1. The van der Waals surface area contributed by atoms with Crippen LogP contribution < -0.4 is 0 Å². The van der Waals surface area contributed by atoms with E-state index in [1.165, 1.54) is 11.3 Å². The Balaban J connectivity index is 1.95. The van der Waals surface area contributed by atoms with E-state index in [2.05, 4.69) is 4.98 Å². The van der Waals surface area contributed by atoms with Crippen LogP contribution in [0, 0.1) is 0 Å². The molecule has 2 aromatic rings. The van der Waals surface area contributed by atoms with Gasteiger partial charge in [-0.3, -0.25) is 4.79 Å². The molecular weight excluding hydrogens is 242 g/mol. The number of Topliss-reactive ketones (excluding diaryl/α,β-unsaturated/α-hetero) is 1. The number of hydrogen-bond donors (Lipinski definition) is 0. The van der Waals surface area contributed by atoms with Crippen LogP contribution in [-0.4, -0.2) is 10.8 Å². The van der Waals surface area contributed by atoms with Crippen LogP contribution in [0.2, 0.25) is 4.47 Å². The summed E-state index contributed by atoms with van der Waals surface area (Å²) < 4.78 is 0.488. The smallest absolute Gasteiger partial charge is 0.183 e. The van der Waals surface area contributed by atoms with Gasteiger partial charge in [-0.2, -0.15) is 0 Å². The maximum Gasteiger partial charge on any atom is 0.183 e. The van der Waals surface area contributed by atoms with Crippen LogP contribution in [0.4, 0.5) is 0 Å². The van der Waals surface area contributed by atoms with E-state index >= 15 is 0 Å². The number of rotatable bonds is 4. The molecule has 0 aliphatic rings. The van der Waals surface area contributed by atoms with E-state index in [1.54, 1.807) is 0 Å². The van der Waals surface area contributed by atoms with Crippen LogP contribution in [0.5, 0.6) is 0 Å². The zero-order valence-electron chi connectivity index (χ0n) is 8.52. The van der Waals surface area contributed by atoms with Crippen molar-refractivity contribution in [1.29, 1.82) is 0 Å². The van der Waals surface area contributed by atoms with Crippen molar-refractivity contribution in [3.8, 4) is 0 Å². The highest BCUT2D eigenvalue weighted by Crippen LogP contribution is 2.15. The molecule has 2 rings (SSSR count). The lowest BCUT2D eigenvalue weighted by atomic mass is 10.1. The summed E-state index contributed by atoms with van der Waals surface area (Å²) in [5, 5.41) is 1.82. The van der Waals surface area contributed by atoms with E-state index in [4.69, 9.17) is 11.6 Å². The van der Waals surface area contributed by atoms with E-state index in [-0.39, 0.29) is 5.78 Å². The number of thiazole rings is 1. The van der Waals surface area contributed by atoms with Gasteiger partial charge >= 0.3 is 0 Å². The van der Waals surface area contributed by atoms with Crippen LogP contribution in [-0.2, 0) is 17.6 Å². The number of aromatic nitrogens is 1. The second kappa shape index (κ2) is 5.23. The molecule has 1 aromatic heterocycles. The first-order valence-corrected chi connectivity index (χ1v) is 6.15. The first-order chi connectivity index (χ1) is 7.74. The van der Waals surface area contributed by atoms with Gasteiger partial charge in [0.2, 0.25) is 0 Å².